The van der Waals surface area contributed by atoms with Gasteiger partial charge in [0.2, 0.25) is 15.9 Å². The smallest absolute Gasteiger partial charge is 0.244 e. The first-order chi connectivity index (χ1) is 15.3. The Morgan fingerprint density at radius 3 is 2.59 bits per heavy atom. The van der Waals surface area contributed by atoms with Crippen molar-refractivity contribution in [2.24, 2.45) is 0 Å². The van der Waals surface area contributed by atoms with Gasteiger partial charge in [0.1, 0.15) is 16.8 Å². The second kappa shape index (κ2) is 12.7. The number of hydrogen-bond acceptors (Lipinski definition) is 6. The van der Waals surface area contributed by atoms with Crippen molar-refractivity contribution in [1.29, 1.82) is 0 Å². The molecule has 32 heavy (non-hydrogen) atoms. The number of ether oxygens (including phenoxy) is 2. The minimum atomic E-state index is -4.21. The molecule has 0 aliphatic carbocycles. The molecule has 0 saturated heterocycles. The van der Waals surface area contributed by atoms with Crippen LogP contribution < -0.4 is 19.5 Å². The molecule has 0 heterocycles. The zero-order valence-corrected chi connectivity index (χ0v) is 20.0. The van der Waals surface area contributed by atoms with Crippen molar-refractivity contribution in [3.05, 3.63) is 53.8 Å². The van der Waals surface area contributed by atoms with Gasteiger partial charge in [0.25, 0.3) is 0 Å². The van der Waals surface area contributed by atoms with Crippen LogP contribution >= 0.6 is 11.8 Å². The molecule has 0 aliphatic rings. The molecule has 2 N–H and O–H groups in total. The number of thioether (sulfide) groups is 1. The van der Waals surface area contributed by atoms with Gasteiger partial charge in [0.15, 0.2) is 11.5 Å². The molecule has 7 nitrogen and oxygen atoms in total. The summed E-state index contributed by atoms with van der Waals surface area (Å²) in [6.45, 7) is 2.73. The van der Waals surface area contributed by atoms with Gasteiger partial charge in [0.05, 0.1) is 13.7 Å². The largest absolute Gasteiger partial charge is 0.493 e. The summed E-state index contributed by atoms with van der Waals surface area (Å²) in [6.07, 6.45) is 2.98. The number of carbonyl (C=O) groups excluding carboxylic acids is 1. The van der Waals surface area contributed by atoms with E-state index in [0.29, 0.717) is 23.9 Å². The average Bonchev–Trinajstić information content (AvgIpc) is 2.79. The van der Waals surface area contributed by atoms with E-state index in [2.05, 4.69) is 10.0 Å². The molecule has 2 aromatic carbocycles. The van der Waals surface area contributed by atoms with Crippen molar-refractivity contribution < 1.29 is 27.1 Å². The summed E-state index contributed by atoms with van der Waals surface area (Å²) in [6, 6.07) is 9.33. The van der Waals surface area contributed by atoms with Crippen molar-refractivity contribution in [2.45, 2.75) is 37.2 Å². The second-order valence-electron chi connectivity index (χ2n) is 6.94. The zero-order valence-electron chi connectivity index (χ0n) is 18.4. The molecule has 0 saturated carbocycles. The van der Waals surface area contributed by atoms with Crippen LogP contribution in [0.5, 0.6) is 11.5 Å². The van der Waals surface area contributed by atoms with Gasteiger partial charge >= 0.3 is 0 Å². The molecule has 2 rings (SSSR count). The standard InChI is InChI=1S/C22H29FN2O5S2/c1-4-12-30-19-10-9-16(14-20(19)29-2)15-24-22(26)18(11-13-31-3)25-32(27,28)21-8-6-5-7-17(21)23/h5-10,14,18,25H,4,11-13,15H2,1-3H3,(H,24,26). The molecule has 10 heteroatoms. The van der Waals surface area contributed by atoms with Gasteiger partial charge in [0, 0.05) is 6.54 Å². The predicted octanol–water partition coefficient (Wildman–Crippen LogP) is 3.34. The molecule has 1 atom stereocenters. The van der Waals surface area contributed by atoms with Crippen LogP contribution in [-0.2, 0) is 21.4 Å². The zero-order chi connectivity index (χ0) is 23.6. The minimum absolute atomic E-state index is 0.167. The molecule has 2 aromatic rings. The first-order valence-corrected chi connectivity index (χ1v) is 13.0. The SMILES string of the molecule is CCCOc1ccc(CNC(=O)C(CCSC)NS(=O)(=O)c2ccccc2F)cc1OC. The lowest BCUT2D eigenvalue weighted by molar-refractivity contribution is -0.122. The topological polar surface area (TPSA) is 93.7 Å². The number of rotatable bonds is 13. The Hall–Kier alpha value is -2.30. The molecule has 0 aromatic heterocycles. The molecule has 176 valence electrons. The highest BCUT2D eigenvalue weighted by Gasteiger charge is 2.27. The van der Waals surface area contributed by atoms with Crippen molar-refractivity contribution in [1.82, 2.24) is 10.0 Å². The summed E-state index contributed by atoms with van der Waals surface area (Å²) < 4.78 is 52.6. The van der Waals surface area contributed by atoms with Crippen LogP contribution in [0.2, 0.25) is 0 Å². The van der Waals surface area contributed by atoms with Crippen LogP contribution in [0.4, 0.5) is 4.39 Å². The maximum absolute atomic E-state index is 14.0. The van der Waals surface area contributed by atoms with E-state index in [-0.39, 0.29) is 13.0 Å². The summed E-state index contributed by atoms with van der Waals surface area (Å²) in [7, 11) is -2.67. The van der Waals surface area contributed by atoms with Gasteiger partial charge in [-0.15, -0.1) is 0 Å². The van der Waals surface area contributed by atoms with Crippen molar-refractivity contribution in [3.8, 4) is 11.5 Å². The van der Waals surface area contributed by atoms with Gasteiger partial charge in [-0.05, 0) is 54.7 Å². The van der Waals surface area contributed by atoms with Gasteiger partial charge in [-0.25, -0.2) is 12.8 Å². The van der Waals surface area contributed by atoms with Crippen LogP contribution in [0, 0.1) is 5.82 Å². The quantitative estimate of drug-likeness (QED) is 0.453. The van der Waals surface area contributed by atoms with Crippen molar-refractivity contribution >= 4 is 27.7 Å². The maximum Gasteiger partial charge on any atom is 0.244 e. The van der Waals surface area contributed by atoms with Gasteiger partial charge < -0.3 is 14.8 Å². The molecule has 0 radical (unpaired) electrons. The fraction of sp³-hybridized carbons (Fsp3) is 0.409. The van der Waals surface area contributed by atoms with E-state index in [9.17, 15) is 17.6 Å². The highest BCUT2D eigenvalue weighted by atomic mass is 32.2. The number of sulfonamides is 1. The van der Waals surface area contributed by atoms with Crippen molar-refractivity contribution in [3.63, 3.8) is 0 Å². The minimum Gasteiger partial charge on any atom is -0.493 e. The van der Waals surface area contributed by atoms with E-state index in [1.165, 1.54) is 31.0 Å². The number of nitrogens with one attached hydrogen (secondary N) is 2. The first kappa shape index (κ1) is 26.0. The van der Waals surface area contributed by atoms with E-state index < -0.39 is 32.7 Å². The number of amides is 1. The highest BCUT2D eigenvalue weighted by molar-refractivity contribution is 7.98. The van der Waals surface area contributed by atoms with Crippen LogP contribution in [0.25, 0.3) is 0 Å². The fourth-order valence-corrected chi connectivity index (χ4v) is 4.64. The Bertz CT molecular complexity index is 1000. The Morgan fingerprint density at radius 1 is 1.19 bits per heavy atom. The lowest BCUT2D eigenvalue weighted by Crippen LogP contribution is -2.46. The monoisotopic (exact) mass is 484 g/mol. The normalized spacial score (nSPS) is 12.2. The molecular formula is C22H29FN2O5S2. The van der Waals surface area contributed by atoms with E-state index in [1.807, 2.05) is 13.2 Å². The third-order valence-electron chi connectivity index (χ3n) is 4.51. The van der Waals surface area contributed by atoms with Gasteiger partial charge in [-0.1, -0.05) is 25.1 Å². The highest BCUT2D eigenvalue weighted by Crippen LogP contribution is 2.28. The lowest BCUT2D eigenvalue weighted by Gasteiger charge is -2.19. The van der Waals surface area contributed by atoms with Gasteiger partial charge in [-0.3, -0.25) is 4.79 Å². The molecule has 1 amide bonds. The fourth-order valence-electron chi connectivity index (χ4n) is 2.86. The first-order valence-electron chi connectivity index (χ1n) is 10.2. The molecule has 0 spiro atoms. The molecule has 0 bridgehead atoms. The molecule has 0 aliphatic heterocycles. The summed E-state index contributed by atoms with van der Waals surface area (Å²) in [5.41, 5.74) is 0.764. The summed E-state index contributed by atoms with van der Waals surface area (Å²) in [4.78, 5) is 12.3. The summed E-state index contributed by atoms with van der Waals surface area (Å²) in [5, 5.41) is 2.75. The average molecular weight is 485 g/mol. The number of carbonyl (C=O) groups is 1. The number of hydrogen-bond donors (Lipinski definition) is 2. The number of benzene rings is 2. The Labute approximate surface area is 193 Å². The van der Waals surface area contributed by atoms with Crippen LogP contribution in [0.15, 0.2) is 47.4 Å². The lowest BCUT2D eigenvalue weighted by atomic mass is 10.2. The molecular weight excluding hydrogens is 455 g/mol. The van der Waals surface area contributed by atoms with Crippen LogP contribution in [0.3, 0.4) is 0 Å². The number of halogens is 1. The Morgan fingerprint density at radius 2 is 1.94 bits per heavy atom. The molecule has 0 fully saturated rings. The third-order valence-corrected chi connectivity index (χ3v) is 6.66. The maximum atomic E-state index is 14.0. The Balaban J connectivity index is 2.10. The van der Waals surface area contributed by atoms with E-state index in [1.54, 1.807) is 18.2 Å². The van der Waals surface area contributed by atoms with E-state index >= 15 is 0 Å². The number of methoxy groups -OCH3 is 1. The van der Waals surface area contributed by atoms with Gasteiger partial charge in [-0.2, -0.15) is 16.5 Å². The Kier molecular flexibility index (Phi) is 10.3. The van der Waals surface area contributed by atoms with E-state index in [0.717, 1.165) is 24.1 Å². The summed E-state index contributed by atoms with van der Waals surface area (Å²) >= 11 is 1.48. The predicted molar refractivity (Wildman–Crippen MR) is 124 cm³/mol. The van der Waals surface area contributed by atoms with Crippen LogP contribution in [0.1, 0.15) is 25.3 Å². The third kappa shape index (κ3) is 7.39. The second-order valence-corrected chi connectivity index (χ2v) is 9.61. The van der Waals surface area contributed by atoms with E-state index in [4.69, 9.17) is 9.47 Å². The summed E-state index contributed by atoms with van der Waals surface area (Å²) in [5.74, 6) is 0.338. The van der Waals surface area contributed by atoms with Crippen LogP contribution in [-0.4, -0.2) is 46.1 Å². The molecule has 1 unspecified atom stereocenters. The van der Waals surface area contributed by atoms with Crippen molar-refractivity contribution in [2.75, 3.05) is 25.7 Å².